The fraction of sp³-hybridized carbons (Fsp3) is 0.727. The van der Waals surface area contributed by atoms with Gasteiger partial charge < -0.3 is 0 Å². The molecule has 1 N–H and O–H groups in total. The zero-order chi connectivity index (χ0) is 12.9. The van der Waals surface area contributed by atoms with E-state index in [-0.39, 0.29) is 0 Å². The second-order valence-corrected chi connectivity index (χ2v) is 4.43. The van der Waals surface area contributed by atoms with Gasteiger partial charge in [0.15, 0.2) is 0 Å². The lowest BCUT2D eigenvalue weighted by atomic mass is 9.81. The molecule has 2 unspecified atom stereocenters. The van der Waals surface area contributed by atoms with Crippen molar-refractivity contribution in [3.63, 3.8) is 0 Å². The summed E-state index contributed by atoms with van der Waals surface area (Å²) >= 11 is 12.9. The first-order chi connectivity index (χ1) is 8.28. The highest BCUT2D eigenvalue weighted by Gasteiger charge is 2.21. The van der Waals surface area contributed by atoms with Crippen molar-refractivity contribution >= 4 is 52.1 Å². The van der Waals surface area contributed by atoms with Gasteiger partial charge >= 0.3 is 0 Å². The largest absolute Gasteiger partial charge is 0.248 e. The lowest BCUT2D eigenvalue weighted by Crippen LogP contribution is -2.19. The molecule has 0 saturated heterocycles. The lowest BCUT2D eigenvalue weighted by Gasteiger charge is -2.26. The van der Waals surface area contributed by atoms with Gasteiger partial charge in [0, 0.05) is 0 Å². The monoisotopic (exact) mass is 285 g/mol. The first kappa shape index (κ1) is 16.4. The summed E-state index contributed by atoms with van der Waals surface area (Å²) in [5.41, 5.74) is 0. The van der Waals surface area contributed by atoms with Gasteiger partial charge in [0.2, 0.25) is 0 Å². The van der Waals surface area contributed by atoms with E-state index < -0.39 is 0 Å². The number of nitrogens with zero attached hydrogens (tertiary/aromatic N) is 2. The summed E-state index contributed by atoms with van der Waals surface area (Å²) in [7, 11) is 0. The van der Waals surface area contributed by atoms with Crippen molar-refractivity contribution in [2.75, 3.05) is 13.1 Å². The Morgan fingerprint density at radius 2 is 1.41 bits per heavy atom. The van der Waals surface area contributed by atoms with E-state index in [9.17, 15) is 0 Å². The average Bonchev–Trinajstić information content (AvgIpc) is 2.35. The zero-order valence-corrected chi connectivity index (χ0v) is 12.0. The van der Waals surface area contributed by atoms with Crippen molar-refractivity contribution < 1.29 is 0 Å². The van der Waals surface area contributed by atoms with Crippen LogP contribution in [0.1, 0.15) is 25.7 Å². The Labute approximate surface area is 118 Å². The van der Waals surface area contributed by atoms with Crippen LogP contribution >= 0.6 is 36.7 Å². The third-order valence-corrected chi connectivity index (χ3v) is 2.98. The van der Waals surface area contributed by atoms with Gasteiger partial charge in [-0.05, 0) is 67.8 Å². The summed E-state index contributed by atoms with van der Waals surface area (Å²) in [6, 6.07) is 0. The van der Waals surface area contributed by atoms with E-state index >= 15 is 0 Å². The molecule has 3 nitrogen and oxygen atoms in total. The minimum Gasteiger partial charge on any atom is -0.248 e. The van der Waals surface area contributed by atoms with Crippen molar-refractivity contribution in [2.24, 2.45) is 21.8 Å². The lowest BCUT2D eigenvalue weighted by molar-refractivity contribution is 0.279. The van der Waals surface area contributed by atoms with Crippen LogP contribution in [0.25, 0.3) is 0 Å². The van der Waals surface area contributed by atoms with E-state index in [0.29, 0.717) is 11.8 Å². The highest BCUT2D eigenvalue weighted by atomic mass is 32.1. The number of aliphatic imine (C=N–C) groups is 2. The van der Waals surface area contributed by atoms with Gasteiger partial charge in [-0.25, -0.2) is 15.4 Å². The molecule has 0 spiro atoms. The van der Waals surface area contributed by atoms with E-state index in [1.54, 1.807) is 5.16 Å². The maximum Gasteiger partial charge on any atom is 0.0585 e. The van der Waals surface area contributed by atoms with Gasteiger partial charge in [0.25, 0.3) is 0 Å². The number of isothiocyanates is 3. The number of thiocarbonyl (C=S) groups is 3. The molecule has 0 aromatic rings. The first-order valence-corrected chi connectivity index (χ1v) is 6.62. The standard InChI is InChI=1S/C10H14N2S2.CHNS/c13-7-11-5-9-2-1-3-10(4-9)6-12-8-14;2-1-3/h9-10H,1-6H2;2H. The summed E-state index contributed by atoms with van der Waals surface area (Å²) in [6.07, 6.45) is 4.99. The fourth-order valence-electron chi connectivity index (χ4n) is 2.07. The minimum absolute atomic E-state index is 0.671. The number of hydrogen-bond donors (Lipinski definition) is 1. The Bertz CT molecular complexity index is 312. The molecule has 1 aliphatic rings. The van der Waals surface area contributed by atoms with Gasteiger partial charge in [0.05, 0.1) is 28.6 Å². The topological polar surface area (TPSA) is 48.6 Å². The SMILES string of the molecule is N=C=S.S=C=NCC1CCCC(CN=C=S)C1. The molecule has 0 aliphatic heterocycles. The van der Waals surface area contributed by atoms with Crippen LogP contribution < -0.4 is 0 Å². The molecule has 1 rings (SSSR count). The summed E-state index contributed by atoms with van der Waals surface area (Å²) in [5.74, 6) is 1.34. The molecule has 6 heteroatoms. The normalized spacial score (nSPS) is 21.9. The van der Waals surface area contributed by atoms with E-state index in [4.69, 9.17) is 5.41 Å². The third kappa shape index (κ3) is 9.13. The van der Waals surface area contributed by atoms with E-state index in [1.165, 1.54) is 25.7 Å². The number of nitrogens with one attached hydrogen (secondary N) is 1. The van der Waals surface area contributed by atoms with Crippen LogP contribution in [0.2, 0.25) is 0 Å². The van der Waals surface area contributed by atoms with Gasteiger partial charge in [-0.1, -0.05) is 6.42 Å². The van der Waals surface area contributed by atoms with Gasteiger partial charge in [-0.15, -0.1) is 0 Å². The van der Waals surface area contributed by atoms with Crippen LogP contribution in [0.5, 0.6) is 0 Å². The molecular formula is C11H15N3S3. The highest BCUT2D eigenvalue weighted by Crippen LogP contribution is 2.29. The predicted molar refractivity (Wildman–Crippen MR) is 80.6 cm³/mol. The summed E-state index contributed by atoms with van der Waals surface area (Å²) < 4.78 is 0. The molecule has 1 saturated carbocycles. The summed E-state index contributed by atoms with van der Waals surface area (Å²) in [5, 5.41) is 12.2. The Morgan fingerprint density at radius 1 is 1.00 bits per heavy atom. The quantitative estimate of drug-likeness (QED) is 0.633. The second kappa shape index (κ2) is 11.9. The van der Waals surface area contributed by atoms with Crippen LogP contribution in [0, 0.1) is 17.2 Å². The van der Waals surface area contributed by atoms with Crippen molar-refractivity contribution in [3.8, 4) is 0 Å². The molecule has 1 aliphatic carbocycles. The van der Waals surface area contributed by atoms with Gasteiger partial charge in [-0.2, -0.15) is 0 Å². The molecule has 0 bridgehead atoms. The maximum absolute atomic E-state index is 5.77. The zero-order valence-electron chi connectivity index (χ0n) is 9.52. The minimum atomic E-state index is 0.671. The molecule has 0 heterocycles. The molecule has 92 valence electrons. The average molecular weight is 285 g/mol. The predicted octanol–water partition coefficient (Wildman–Crippen LogP) is 3.67. The third-order valence-electron chi connectivity index (χ3n) is 2.72. The van der Waals surface area contributed by atoms with Crippen LogP contribution in [-0.2, 0) is 0 Å². The van der Waals surface area contributed by atoms with E-state index in [2.05, 4.69) is 57.0 Å². The highest BCUT2D eigenvalue weighted by molar-refractivity contribution is 7.78. The Morgan fingerprint density at radius 3 is 1.76 bits per heavy atom. The second-order valence-electron chi connectivity index (χ2n) is 3.86. The van der Waals surface area contributed by atoms with Crippen molar-refractivity contribution in [1.29, 1.82) is 5.41 Å². The molecule has 0 aromatic carbocycles. The molecule has 0 amide bonds. The molecule has 17 heavy (non-hydrogen) atoms. The van der Waals surface area contributed by atoms with Crippen molar-refractivity contribution in [1.82, 2.24) is 0 Å². The molecule has 2 atom stereocenters. The van der Waals surface area contributed by atoms with Crippen LogP contribution in [-0.4, -0.2) is 28.6 Å². The van der Waals surface area contributed by atoms with Crippen LogP contribution in [0.15, 0.2) is 9.98 Å². The van der Waals surface area contributed by atoms with Crippen molar-refractivity contribution in [3.05, 3.63) is 0 Å². The summed E-state index contributed by atoms with van der Waals surface area (Å²) in [4.78, 5) is 8.02. The number of rotatable bonds is 4. The van der Waals surface area contributed by atoms with Gasteiger partial charge in [-0.3, -0.25) is 0 Å². The molecule has 1 fully saturated rings. The molecular weight excluding hydrogens is 270 g/mol. The Hall–Kier alpha value is -0.600. The molecule has 0 aromatic heterocycles. The molecule has 0 radical (unpaired) electrons. The van der Waals surface area contributed by atoms with Crippen molar-refractivity contribution in [2.45, 2.75) is 25.7 Å². The van der Waals surface area contributed by atoms with Crippen LogP contribution in [0.3, 0.4) is 0 Å². The van der Waals surface area contributed by atoms with Crippen LogP contribution in [0.4, 0.5) is 0 Å². The first-order valence-electron chi connectivity index (χ1n) is 5.39. The Balaban J connectivity index is 0.000000770. The smallest absolute Gasteiger partial charge is 0.0585 e. The van der Waals surface area contributed by atoms with E-state index in [0.717, 1.165) is 13.1 Å². The summed E-state index contributed by atoms with van der Waals surface area (Å²) in [6.45, 7) is 1.67. The Kier molecular flexibility index (Phi) is 11.5. The number of hydrogen-bond acceptors (Lipinski definition) is 6. The maximum atomic E-state index is 5.77. The van der Waals surface area contributed by atoms with Gasteiger partial charge in [0.1, 0.15) is 0 Å². The fourth-order valence-corrected chi connectivity index (χ4v) is 2.22. The van der Waals surface area contributed by atoms with E-state index in [1.807, 2.05) is 0 Å².